The maximum atomic E-state index is 3.76. The fourth-order valence-electron chi connectivity index (χ4n) is 2.82. The summed E-state index contributed by atoms with van der Waals surface area (Å²) in [5.41, 5.74) is 0.409. The summed E-state index contributed by atoms with van der Waals surface area (Å²) in [6.45, 7) is 10.6. The van der Waals surface area contributed by atoms with Crippen molar-refractivity contribution in [2.75, 3.05) is 6.54 Å². The fraction of sp³-hybridized carbons (Fsp3) is 1.00. The van der Waals surface area contributed by atoms with Crippen LogP contribution >= 0.6 is 0 Å². The summed E-state index contributed by atoms with van der Waals surface area (Å²) in [6.07, 6.45) is 9.99. The van der Waals surface area contributed by atoms with E-state index in [0.29, 0.717) is 11.5 Å². The van der Waals surface area contributed by atoms with Gasteiger partial charge in [-0.1, -0.05) is 59.8 Å². The molecule has 1 aliphatic rings. The molecule has 0 aromatic heterocycles. The predicted molar refractivity (Wildman–Crippen MR) is 72.7 cm³/mol. The molecular weight excluding hydrogens is 194 g/mol. The first-order chi connectivity index (χ1) is 7.54. The Balaban J connectivity index is 2.41. The Kier molecular flexibility index (Phi) is 5.82. The predicted octanol–water partition coefficient (Wildman–Crippen LogP) is 4.37. The molecule has 0 aromatic rings. The van der Waals surface area contributed by atoms with Gasteiger partial charge in [-0.15, -0.1) is 0 Å². The van der Waals surface area contributed by atoms with Crippen molar-refractivity contribution in [3.63, 3.8) is 0 Å². The molecule has 1 aliphatic carbocycles. The summed E-state index contributed by atoms with van der Waals surface area (Å²) in [4.78, 5) is 0. The molecule has 1 N–H and O–H groups in total. The summed E-state index contributed by atoms with van der Waals surface area (Å²) >= 11 is 0. The number of hydrogen-bond donors (Lipinski definition) is 1. The highest BCUT2D eigenvalue weighted by Gasteiger charge is 2.27. The van der Waals surface area contributed by atoms with Gasteiger partial charge in [0.1, 0.15) is 0 Å². The smallest absolute Gasteiger partial charge is 0.0118 e. The molecule has 0 spiro atoms. The highest BCUT2D eigenvalue weighted by atomic mass is 14.9. The van der Waals surface area contributed by atoms with Gasteiger partial charge in [0.2, 0.25) is 0 Å². The summed E-state index contributed by atoms with van der Waals surface area (Å²) < 4.78 is 0. The van der Waals surface area contributed by atoms with Gasteiger partial charge in [0.15, 0.2) is 0 Å². The molecule has 1 atom stereocenters. The van der Waals surface area contributed by atoms with Crippen LogP contribution in [0.4, 0.5) is 0 Å². The van der Waals surface area contributed by atoms with Crippen LogP contribution in [0.3, 0.4) is 0 Å². The second-order valence-electron chi connectivity index (χ2n) is 6.61. The quantitative estimate of drug-likeness (QED) is 0.732. The second-order valence-corrected chi connectivity index (χ2v) is 6.61. The van der Waals surface area contributed by atoms with Crippen molar-refractivity contribution < 1.29 is 0 Å². The lowest BCUT2D eigenvalue weighted by Crippen LogP contribution is -2.42. The Hall–Kier alpha value is -0.0400. The van der Waals surface area contributed by atoms with Crippen LogP contribution in [0.15, 0.2) is 0 Å². The standard InChI is InChI=1S/C15H31N/c1-5-11-16-14(15(2,3)4)12-13-9-7-6-8-10-13/h13-14,16H,5-12H2,1-4H3. The summed E-state index contributed by atoms with van der Waals surface area (Å²) in [5, 5.41) is 3.76. The summed E-state index contributed by atoms with van der Waals surface area (Å²) in [7, 11) is 0. The van der Waals surface area contributed by atoms with Gasteiger partial charge in [-0.05, 0) is 30.7 Å². The molecule has 1 heteroatoms. The van der Waals surface area contributed by atoms with Crippen molar-refractivity contribution >= 4 is 0 Å². The lowest BCUT2D eigenvalue weighted by molar-refractivity contribution is 0.202. The van der Waals surface area contributed by atoms with E-state index >= 15 is 0 Å². The number of rotatable bonds is 5. The zero-order chi connectivity index (χ0) is 12.0. The topological polar surface area (TPSA) is 12.0 Å². The van der Waals surface area contributed by atoms with Crippen LogP contribution in [0.5, 0.6) is 0 Å². The summed E-state index contributed by atoms with van der Waals surface area (Å²) in [5.74, 6) is 0.988. The third-order valence-corrected chi connectivity index (χ3v) is 3.98. The first kappa shape index (κ1) is 14.0. The molecule has 16 heavy (non-hydrogen) atoms. The lowest BCUT2D eigenvalue weighted by Gasteiger charge is -2.35. The average Bonchev–Trinajstić information content (AvgIpc) is 2.24. The third kappa shape index (κ3) is 4.86. The van der Waals surface area contributed by atoms with E-state index in [1.54, 1.807) is 0 Å². The van der Waals surface area contributed by atoms with E-state index in [0.717, 1.165) is 5.92 Å². The van der Waals surface area contributed by atoms with Crippen LogP contribution in [-0.2, 0) is 0 Å². The maximum Gasteiger partial charge on any atom is 0.0118 e. The first-order valence-electron chi connectivity index (χ1n) is 7.27. The minimum Gasteiger partial charge on any atom is -0.313 e. The SMILES string of the molecule is CCCNC(CC1CCCCC1)C(C)(C)C. The Morgan fingerprint density at radius 1 is 1.12 bits per heavy atom. The Labute approximate surface area is 102 Å². The first-order valence-corrected chi connectivity index (χ1v) is 7.27. The van der Waals surface area contributed by atoms with Crippen molar-refractivity contribution in [1.29, 1.82) is 0 Å². The summed E-state index contributed by atoms with van der Waals surface area (Å²) in [6, 6.07) is 0.704. The molecule has 1 unspecified atom stereocenters. The molecule has 0 amide bonds. The van der Waals surface area contributed by atoms with Crippen LogP contribution in [0.25, 0.3) is 0 Å². The molecule has 1 saturated carbocycles. The zero-order valence-electron chi connectivity index (χ0n) is 11.8. The van der Waals surface area contributed by atoms with Gasteiger partial charge in [-0.25, -0.2) is 0 Å². The highest BCUT2D eigenvalue weighted by molar-refractivity contribution is 4.83. The molecule has 1 fully saturated rings. The molecule has 0 saturated heterocycles. The van der Waals surface area contributed by atoms with Gasteiger partial charge in [-0.3, -0.25) is 0 Å². The van der Waals surface area contributed by atoms with Crippen LogP contribution in [-0.4, -0.2) is 12.6 Å². The Morgan fingerprint density at radius 3 is 2.25 bits per heavy atom. The van der Waals surface area contributed by atoms with E-state index in [2.05, 4.69) is 33.0 Å². The maximum absolute atomic E-state index is 3.76. The van der Waals surface area contributed by atoms with Crippen molar-refractivity contribution in [2.24, 2.45) is 11.3 Å². The minimum absolute atomic E-state index is 0.409. The fourth-order valence-corrected chi connectivity index (χ4v) is 2.82. The Bertz CT molecular complexity index is 174. The minimum atomic E-state index is 0.409. The van der Waals surface area contributed by atoms with Crippen molar-refractivity contribution in [2.45, 2.75) is 78.7 Å². The van der Waals surface area contributed by atoms with E-state index in [-0.39, 0.29) is 0 Å². The van der Waals surface area contributed by atoms with Gasteiger partial charge in [0.05, 0.1) is 0 Å². The van der Waals surface area contributed by atoms with Crippen molar-refractivity contribution in [3.05, 3.63) is 0 Å². The number of hydrogen-bond acceptors (Lipinski definition) is 1. The second kappa shape index (κ2) is 6.64. The Morgan fingerprint density at radius 2 is 1.75 bits per heavy atom. The van der Waals surface area contributed by atoms with Crippen LogP contribution in [0.2, 0.25) is 0 Å². The normalized spacial score (nSPS) is 21.0. The molecule has 1 rings (SSSR count). The number of nitrogens with one attached hydrogen (secondary N) is 1. The van der Waals surface area contributed by atoms with Crippen molar-refractivity contribution in [3.8, 4) is 0 Å². The molecule has 0 heterocycles. The third-order valence-electron chi connectivity index (χ3n) is 3.98. The van der Waals surface area contributed by atoms with Gasteiger partial charge >= 0.3 is 0 Å². The molecule has 96 valence electrons. The highest BCUT2D eigenvalue weighted by Crippen LogP contribution is 2.32. The molecule has 0 aliphatic heterocycles. The van der Waals surface area contributed by atoms with Crippen molar-refractivity contribution in [1.82, 2.24) is 5.32 Å². The van der Waals surface area contributed by atoms with Crippen LogP contribution < -0.4 is 5.32 Å². The van der Waals surface area contributed by atoms with Gasteiger partial charge in [0.25, 0.3) is 0 Å². The molecule has 0 aromatic carbocycles. The van der Waals surface area contributed by atoms with Gasteiger partial charge in [-0.2, -0.15) is 0 Å². The average molecular weight is 225 g/mol. The van der Waals surface area contributed by atoms with E-state index in [4.69, 9.17) is 0 Å². The van der Waals surface area contributed by atoms with Crippen LogP contribution in [0, 0.1) is 11.3 Å². The largest absolute Gasteiger partial charge is 0.313 e. The van der Waals surface area contributed by atoms with Gasteiger partial charge < -0.3 is 5.32 Å². The van der Waals surface area contributed by atoms with Crippen LogP contribution in [0.1, 0.15) is 72.6 Å². The molecule has 1 nitrogen and oxygen atoms in total. The van der Waals surface area contributed by atoms with E-state index in [9.17, 15) is 0 Å². The zero-order valence-corrected chi connectivity index (χ0v) is 11.8. The lowest BCUT2D eigenvalue weighted by atomic mass is 9.77. The van der Waals surface area contributed by atoms with E-state index in [1.807, 2.05) is 0 Å². The van der Waals surface area contributed by atoms with E-state index < -0.39 is 0 Å². The van der Waals surface area contributed by atoms with E-state index in [1.165, 1.54) is 51.5 Å². The monoisotopic (exact) mass is 225 g/mol. The molecular formula is C15H31N. The molecule has 0 radical (unpaired) electrons. The molecule has 0 bridgehead atoms. The van der Waals surface area contributed by atoms with Gasteiger partial charge in [0, 0.05) is 6.04 Å².